The average Bonchev–Trinajstić information content (AvgIpc) is 2.46. The van der Waals surface area contributed by atoms with Gasteiger partial charge in [-0.2, -0.15) is 0 Å². The summed E-state index contributed by atoms with van der Waals surface area (Å²) in [6.07, 6.45) is 5.98. The maximum Gasteiger partial charge on any atom is 0.0914 e. The lowest BCUT2D eigenvalue weighted by Gasteiger charge is -2.47. The van der Waals surface area contributed by atoms with Crippen molar-refractivity contribution in [3.8, 4) is 0 Å². The van der Waals surface area contributed by atoms with Gasteiger partial charge < -0.3 is 15.3 Å². The van der Waals surface area contributed by atoms with Gasteiger partial charge in [0.05, 0.1) is 6.10 Å². The van der Waals surface area contributed by atoms with Gasteiger partial charge in [-0.1, -0.05) is 30.2 Å². The number of hydrogen-bond acceptors (Lipinski definition) is 3. The van der Waals surface area contributed by atoms with E-state index in [9.17, 15) is 5.11 Å². The van der Waals surface area contributed by atoms with Crippen molar-refractivity contribution in [3.63, 3.8) is 0 Å². The molecule has 0 aromatic heterocycles. The maximum absolute atomic E-state index is 10.3. The summed E-state index contributed by atoms with van der Waals surface area (Å²) in [4.78, 5) is 2.57. The SMILES string of the molecule is CN1C2CCCC1CC(NCC(O)c1ccc(Cl)cc1)C2. The van der Waals surface area contributed by atoms with Gasteiger partial charge in [0.1, 0.15) is 0 Å². The number of nitrogens with one attached hydrogen (secondary N) is 1. The van der Waals surface area contributed by atoms with Gasteiger partial charge in [0.25, 0.3) is 0 Å². The third kappa shape index (κ3) is 3.59. The average molecular weight is 309 g/mol. The Balaban J connectivity index is 1.52. The van der Waals surface area contributed by atoms with E-state index in [1.165, 1.54) is 32.1 Å². The van der Waals surface area contributed by atoms with Gasteiger partial charge in [-0.3, -0.25) is 0 Å². The normalized spacial score (nSPS) is 31.1. The van der Waals surface area contributed by atoms with Gasteiger partial charge in [0, 0.05) is 29.7 Å². The van der Waals surface area contributed by atoms with Crippen LogP contribution in [0.15, 0.2) is 24.3 Å². The summed E-state index contributed by atoms with van der Waals surface area (Å²) in [6.45, 7) is 0.620. The van der Waals surface area contributed by atoms with E-state index in [0.29, 0.717) is 17.6 Å². The summed E-state index contributed by atoms with van der Waals surface area (Å²) in [5.41, 5.74) is 0.931. The molecule has 4 heteroatoms. The molecule has 2 bridgehead atoms. The van der Waals surface area contributed by atoms with Gasteiger partial charge in [-0.05, 0) is 50.4 Å². The predicted molar refractivity (Wildman–Crippen MR) is 86.6 cm³/mol. The van der Waals surface area contributed by atoms with Crippen LogP contribution in [-0.2, 0) is 0 Å². The summed E-state index contributed by atoms with van der Waals surface area (Å²) in [5.74, 6) is 0. The Morgan fingerprint density at radius 1 is 1.24 bits per heavy atom. The summed E-state index contributed by atoms with van der Waals surface area (Å²) in [7, 11) is 2.27. The van der Waals surface area contributed by atoms with Crippen LogP contribution in [-0.4, -0.2) is 41.7 Å². The number of benzene rings is 1. The molecule has 2 heterocycles. The smallest absolute Gasteiger partial charge is 0.0914 e. The van der Waals surface area contributed by atoms with E-state index in [-0.39, 0.29) is 0 Å². The second-order valence-corrected chi connectivity index (χ2v) is 6.98. The summed E-state index contributed by atoms with van der Waals surface area (Å²) in [5, 5.41) is 14.6. The van der Waals surface area contributed by atoms with E-state index in [1.807, 2.05) is 24.3 Å². The molecule has 1 aromatic rings. The largest absolute Gasteiger partial charge is 0.387 e. The number of aliphatic hydroxyl groups is 1. The maximum atomic E-state index is 10.3. The molecule has 1 aromatic carbocycles. The van der Waals surface area contributed by atoms with Gasteiger partial charge in [-0.15, -0.1) is 0 Å². The summed E-state index contributed by atoms with van der Waals surface area (Å²) < 4.78 is 0. The standard InChI is InChI=1S/C17H25ClN2O/c1-20-15-3-2-4-16(20)10-14(9-15)19-11-17(21)12-5-7-13(18)8-6-12/h5-8,14-17,19,21H,2-4,9-11H2,1H3. The van der Waals surface area contributed by atoms with E-state index >= 15 is 0 Å². The Morgan fingerprint density at radius 2 is 1.86 bits per heavy atom. The minimum atomic E-state index is -0.457. The van der Waals surface area contributed by atoms with Crippen LogP contribution in [0.3, 0.4) is 0 Å². The molecule has 2 N–H and O–H groups in total. The number of piperidine rings is 2. The van der Waals surface area contributed by atoms with Crippen LogP contribution in [0.1, 0.15) is 43.8 Å². The van der Waals surface area contributed by atoms with Crippen LogP contribution < -0.4 is 5.32 Å². The molecular formula is C17H25ClN2O. The fourth-order valence-corrected chi connectivity index (χ4v) is 3.99. The molecule has 2 saturated heterocycles. The first-order valence-corrected chi connectivity index (χ1v) is 8.40. The fourth-order valence-electron chi connectivity index (χ4n) is 3.86. The predicted octanol–water partition coefficient (Wildman–Crippen LogP) is 2.98. The quantitative estimate of drug-likeness (QED) is 0.897. The molecule has 3 rings (SSSR count). The van der Waals surface area contributed by atoms with Crippen molar-refractivity contribution < 1.29 is 5.11 Å². The molecule has 2 aliphatic heterocycles. The monoisotopic (exact) mass is 308 g/mol. The van der Waals surface area contributed by atoms with Crippen LogP contribution >= 0.6 is 11.6 Å². The molecule has 3 nitrogen and oxygen atoms in total. The second-order valence-electron chi connectivity index (χ2n) is 6.55. The third-order valence-electron chi connectivity index (χ3n) is 5.19. The highest BCUT2D eigenvalue weighted by Gasteiger charge is 2.35. The van der Waals surface area contributed by atoms with E-state index in [1.54, 1.807) is 0 Å². The van der Waals surface area contributed by atoms with Crippen molar-refractivity contribution in [1.82, 2.24) is 10.2 Å². The van der Waals surface area contributed by atoms with Crippen molar-refractivity contribution in [1.29, 1.82) is 0 Å². The van der Waals surface area contributed by atoms with Crippen molar-refractivity contribution in [2.24, 2.45) is 0 Å². The molecule has 0 saturated carbocycles. The number of rotatable bonds is 4. The molecule has 0 radical (unpaired) electrons. The van der Waals surface area contributed by atoms with Gasteiger partial charge >= 0.3 is 0 Å². The molecule has 2 aliphatic rings. The first-order chi connectivity index (χ1) is 10.1. The molecule has 2 fully saturated rings. The Hall–Kier alpha value is -0.610. The fraction of sp³-hybridized carbons (Fsp3) is 0.647. The first-order valence-electron chi connectivity index (χ1n) is 8.02. The second kappa shape index (κ2) is 6.66. The molecule has 116 valence electrons. The van der Waals surface area contributed by atoms with Gasteiger partial charge in [0.2, 0.25) is 0 Å². The van der Waals surface area contributed by atoms with Crippen LogP contribution in [0.2, 0.25) is 5.02 Å². The van der Waals surface area contributed by atoms with Crippen LogP contribution in [0.25, 0.3) is 0 Å². The molecule has 3 unspecified atom stereocenters. The number of hydrogen-bond donors (Lipinski definition) is 2. The van der Waals surface area contributed by atoms with Crippen molar-refractivity contribution in [2.75, 3.05) is 13.6 Å². The highest BCUT2D eigenvalue weighted by atomic mass is 35.5. The Bertz CT molecular complexity index is 450. The van der Waals surface area contributed by atoms with Crippen LogP contribution in [0.4, 0.5) is 0 Å². The molecule has 0 amide bonds. The molecule has 3 atom stereocenters. The van der Waals surface area contributed by atoms with Gasteiger partial charge in [-0.25, -0.2) is 0 Å². The molecular weight excluding hydrogens is 284 g/mol. The van der Waals surface area contributed by atoms with E-state index in [2.05, 4.69) is 17.3 Å². The van der Waals surface area contributed by atoms with Crippen LogP contribution in [0, 0.1) is 0 Å². The molecule has 0 aliphatic carbocycles. The number of fused-ring (bicyclic) bond motifs is 2. The van der Waals surface area contributed by atoms with Crippen molar-refractivity contribution >= 4 is 11.6 Å². The lowest BCUT2D eigenvalue weighted by atomic mass is 9.82. The zero-order valence-corrected chi connectivity index (χ0v) is 13.4. The summed E-state index contributed by atoms with van der Waals surface area (Å²) >= 11 is 5.88. The third-order valence-corrected chi connectivity index (χ3v) is 5.45. The molecule has 0 spiro atoms. The van der Waals surface area contributed by atoms with Crippen LogP contribution in [0.5, 0.6) is 0 Å². The minimum absolute atomic E-state index is 0.457. The topological polar surface area (TPSA) is 35.5 Å². The summed E-state index contributed by atoms with van der Waals surface area (Å²) in [6, 6.07) is 9.46. The van der Waals surface area contributed by atoms with E-state index in [4.69, 9.17) is 11.6 Å². The molecule has 21 heavy (non-hydrogen) atoms. The zero-order valence-electron chi connectivity index (χ0n) is 12.6. The Kier molecular flexibility index (Phi) is 4.85. The van der Waals surface area contributed by atoms with E-state index < -0.39 is 6.10 Å². The highest BCUT2D eigenvalue weighted by Crippen LogP contribution is 2.32. The highest BCUT2D eigenvalue weighted by molar-refractivity contribution is 6.30. The number of halogens is 1. The van der Waals surface area contributed by atoms with Crippen molar-refractivity contribution in [3.05, 3.63) is 34.9 Å². The van der Waals surface area contributed by atoms with Gasteiger partial charge in [0.15, 0.2) is 0 Å². The Morgan fingerprint density at radius 3 is 2.48 bits per heavy atom. The van der Waals surface area contributed by atoms with E-state index in [0.717, 1.165) is 17.6 Å². The first kappa shape index (κ1) is 15.3. The zero-order chi connectivity index (χ0) is 14.8. The number of aliphatic hydroxyl groups excluding tert-OH is 1. The minimum Gasteiger partial charge on any atom is -0.387 e. The Labute approximate surface area is 132 Å². The number of nitrogens with zero attached hydrogens (tertiary/aromatic N) is 1. The lowest BCUT2D eigenvalue weighted by Crippen LogP contribution is -2.54. The lowest BCUT2D eigenvalue weighted by molar-refractivity contribution is 0.0446. The van der Waals surface area contributed by atoms with Crippen molar-refractivity contribution in [2.45, 2.75) is 56.3 Å².